The van der Waals surface area contributed by atoms with Gasteiger partial charge in [0.2, 0.25) is 0 Å². The van der Waals surface area contributed by atoms with Crippen molar-refractivity contribution in [3.05, 3.63) is 48.6 Å². The van der Waals surface area contributed by atoms with Gasteiger partial charge in [-0.05, 0) is 51.4 Å². The van der Waals surface area contributed by atoms with E-state index in [1.807, 2.05) is 0 Å². The molecule has 6 atom stereocenters. The monoisotopic (exact) mass is 957 g/mol. The first kappa shape index (κ1) is 62.3. The number of phosphoric acid groups is 1. The second kappa shape index (κ2) is 43.3. The summed E-state index contributed by atoms with van der Waals surface area (Å²) in [6, 6.07) is 0. The SMILES string of the molecule is CC/C=C\C/C=C\C/C=C\C/C=C\CCCCCCCOCC(COP(=O)(O)OC1C(O)C(O)C(O)C(O)C1O)OC(=O)CCCCCCCCCCCCCCCCCCCCCCC. The van der Waals surface area contributed by atoms with Crippen LogP contribution in [0.2, 0.25) is 0 Å². The van der Waals surface area contributed by atoms with Crippen LogP contribution in [0.5, 0.6) is 0 Å². The van der Waals surface area contributed by atoms with Crippen LogP contribution in [0.3, 0.4) is 0 Å². The number of rotatable bonds is 45. The molecule has 0 aromatic rings. The summed E-state index contributed by atoms with van der Waals surface area (Å²) in [5.41, 5.74) is 0. The number of allylic oxidation sites excluding steroid dienone is 8. The van der Waals surface area contributed by atoms with Crippen molar-refractivity contribution < 1.29 is 58.3 Å². The Labute approximate surface area is 401 Å². The first-order valence-electron chi connectivity index (χ1n) is 26.5. The summed E-state index contributed by atoms with van der Waals surface area (Å²) in [7, 11) is -5.03. The number of hydrogen-bond acceptors (Lipinski definition) is 11. The fourth-order valence-electron chi connectivity index (χ4n) is 8.05. The Morgan fingerprint density at radius 3 is 1.36 bits per heavy atom. The zero-order valence-corrected chi connectivity index (χ0v) is 42.4. The van der Waals surface area contributed by atoms with Crippen molar-refractivity contribution in [2.24, 2.45) is 0 Å². The molecule has 0 aromatic heterocycles. The van der Waals surface area contributed by atoms with E-state index in [0.717, 1.165) is 83.5 Å². The molecule has 1 fully saturated rings. The molecule has 66 heavy (non-hydrogen) atoms. The summed E-state index contributed by atoms with van der Waals surface area (Å²) in [6.07, 6.45) is 41.8. The van der Waals surface area contributed by atoms with Crippen molar-refractivity contribution in [1.29, 1.82) is 0 Å². The van der Waals surface area contributed by atoms with Crippen molar-refractivity contribution in [3.63, 3.8) is 0 Å². The first-order valence-corrected chi connectivity index (χ1v) is 28.0. The number of aliphatic hydroxyl groups is 5. The highest BCUT2D eigenvalue weighted by Gasteiger charge is 2.51. The van der Waals surface area contributed by atoms with Crippen molar-refractivity contribution in [2.75, 3.05) is 19.8 Å². The molecule has 0 aliphatic heterocycles. The Hall–Kier alpha value is -1.70. The average molecular weight is 957 g/mol. The van der Waals surface area contributed by atoms with Crippen LogP contribution in [0, 0.1) is 0 Å². The van der Waals surface area contributed by atoms with Gasteiger partial charge in [0.15, 0.2) is 0 Å². The maximum Gasteiger partial charge on any atom is 0.472 e. The van der Waals surface area contributed by atoms with E-state index in [-0.39, 0.29) is 13.0 Å². The molecule has 6 unspecified atom stereocenters. The standard InChI is InChI=1S/C53H97O12P/c1-3-5-7-9-11-13-15-17-19-21-23-24-25-26-28-30-32-34-36-38-40-42-47(54)64-46(45-63-66(60,61)65-53-51(58)49(56)48(55)50(57)52(53)59)44-62-43-41-39-37-35-33-31-29-27-22-20-18-16-14-12-10-8-6-4-2/h6,8,12,14,18,20,27,29,46,48-53,55-59H,3-5,7,9-11,13,15-17,19,21-26,28,30-45H2,1-2H3,(H,60,61)/b8-6-,14-12-,20-18-,29-27-. The molecule has 1 aliphatic carbocycles. The molecule has 0 radical (unpaired) electrons. The van der Waals surface area contributed by atoms with E-state index in [1.165, 1.54) is 109 Å². The van der Waals surface area contributed by atoms with Crippen LogP contribution in [0.25, 0.3) is 0 Å². The quantitative estimate of drug-likeness (QED) is 0.0147. The van der Waals surface area contributed by atoms with Crippen molar-refractivity contribution in [1.82, 2.24) is 0 Å². The van der Waals surface area contributed by atoms with Gasteiger partial charge in [-0.1, -0.05) is 210 Å². The molecule has 6 N–H and O–H groups in total. The third-order valence-electron chi connectivity index (χ3n) is 12.2. The summed E-state index contributed by atoms with van der Waals surface area (Å²) in [5.74, 6) is -0.481. The molecule has 0 spiro atoms. The lowest BCUT2D eigenvalue weighted by Gasteiger charge is -2.41. The van der Waals surface area contributed by atoms with Crippen LogP contribution in [0.1, 0.15) is 219 Å². The summed E-state index contributed by atoms with van der Waals surface area (Å²) < 4.78 is 34.3. The lowest BCUT2D eigenvalue weighted by atomic mass is 9.85. The minimum Gasteiger partial charge on any atom is -0.457 e. The number of phosphoric ester groups is 1. The maximum absolute atomic E-state index is 12.9. The highest BCUT2D eigenvalue weighted by atomic mass is 31.2. The molecule has 386 valence electrons. The van der Waals surface area contributed by atoms with E-state index in [4.69, 9.17) is 18.5 Å². The number of carbonyl (C=O) groups excluding carboxylic acids is 1. The zero-order valence-electron chi connectivity index (χ0n) is 41.5. The molecular formula is C53H97O12P. The van der Waals surface area contributed by atoms with Crippen LogP contribution in [0.4, 0.5) is 0 Å². The summed E-state index contributed by atoms with van der Waals surface area (Å²) in [5, 5.41) is 50.3. The van der Waals surface area contributed by atoms with Gasteiger partial charge < -0.3 is 39.9 Å². The Bertz CT molecular complexity index is 1270. The average Bonchev–Trinajstić information content (AvgIpc) is 3.30. The van der Waals surface area contributed by atoms with Gasteiger partial charge in [-0.3, -0.25) is 13.8 Å². The minimum absolute atomic E-state index is 0.0881. The molecule has 1 saturated carbocycles. The van der Waals surface area contributed by atoms with Gasteiger partial charge in [0.1, 0.15) is 42.7 Å². The van der Waals surface area contributed by atoms with Gasteiger partial charge in [-0.15, -0.1) is 0 Å². The third-order valence-corrected chi connectivity index (χ3v) is 13.2. The molecule has 0 aromatic carbocycles. The minimum atomic E-state index is -5.03. The van der Waals surface area contributed by atoms with Gasteiger partial charge >= 0.3 is 13.8 Å². The van der Waals surface area contributed by atoms with E-state index >= 15 is 0 Å². The molecule has 0 bridgehead atoms. The molecule has 1 rings (SSSR count). The van der Waals surface area contributed by atoms with Gasteiger partial charge in [0.25, 0.3) is 0 Å². The predicted octanol–water partition coefficient (Wildman–Crippen LogP) is 12.0. The molecular weight excluding hydrogens is 860 g/mol. The van der Waals surface area contributed by atoms with Crippen molar-refractivity contribution >= 4 is 13.8 Å². The summed E-state index contributed by atoms with van der Waals surface area (Å²) in [6.45, 7) is 4.14. The van der Waals surface area contributed by atoms with Crippen LogP contribution < -0.4 is 0 Å². The number of ether oxygens (including phenoxy) is 2. The highest BCUT2D eigenvalue weighted by molar-refractivity contribution is 7.47. The van der Waals surface area contributed by atoms with Crippen LogP contribution in [-0.2, 0) is 27.9 Å². The number of unbranched alkanes of at least 4 members (excludes halogenated alkanes) is 25. The highest BCUT2D eigenvalue weighted by Crippen LogP contribution is 2.47. The molecule has 13 heteroatoms. The lowest BCUT2D eigenvalue weighted by Crippen LogP contribution is -2.64. The van der Waals surface area contributed by atoms with Crippen LogP contribution in [-0.4, -0.2) is 98.9 Å². The molecule has 0 saturated heterocycles. The van der Waals surface area contributed by atoms with E-state index in [1.54, 1.807) is 0 Å². The van der Waals surface area contributed by atoms with Crippen LogP contribution >= 0.6 is 7.82 Å². The molecule has 1 aliphatic rings. The maximum atomic E-state index is 12.9. The lowest BCUT2D eigenvalue weighted by molar-refractivity contribution is -0.220. The molecule has 0 amide bonds. The van der Waals surface area contributed by atoms with Gasteiger partial charge in [-0.25, -0.2) is 4.57 Å². The van der Waals surface area contributed by atoms with Gasteiger partial charge in [-0.2, -0.15) is 0 Å². The van der Waals surface area contributed by atoms with E-state index < -0.39 is 63.1 Å². The summed E-state index contributed by atoms with van der Waals surface area (Å²) >= 11 is 0. The largest absolute Gasteiger partial charge is 0.472 e. The van der Waals surface area contributed by atoms with Crippen LogP contribution in [0.15, 0.2) is 48.6 Å². The smallest absolute Gasteiger partial charge is 0.457 e. The molecule has 12 nitrogen and oxygen atoms in total. The second-order valence-electron chi connectivity index (χ2n) is 18.4. The Kier molecular flexibility index (Phi) is 40.9. The van der Waals surface area contributed by atoms with E-state index in [9.17, 15) is 39.8 Å². The number of esters is 1. The third kappa shape index (κ3) is 34.6. The van der Waals surface area contributed by atoms with Gasteiger partial charge in [0.05, 0.1) is 13.2 Å². The predicted molar refractivity (Wildman–Crippen MR) is 267 cm³/mol. The zero-order chi connectivity index (χ0) is 48.4. The fourth-order valence-corrected chi connectivity index (χ4v) is 9.03. The Morgan fingerprint density at radius 1 is 0.500 bits per heavy atom. The van der Waals surface area contributed by atoms with Gasteiger partial charge in [0, 0.05) is 13.0 Å². The Morgan fingerprint density at radius 2 is 0.894 bits per heavy atom. The number of carbonyl (C=O) groups is 1. The van der Waals surface area contributed by atoms with E-state index in [0.29, 0.717) is 13.0 Å². The van der Waals surface area contributed by atoms with E-state index in [2.05, 4.69) is 62.5 Å². The topological polar surface area (TPSA) is 192 Å². The Balaban J connectivity index is 2.33. The number of hydrogen-bond donors (Lipinski definition) is 6. The normalized spacial score (nSPS) is 21.8. The first-order chi connectivity index (χ1) is 32.0. The molecule has 0 heterocycles. The fraction of sp³-hybridized carbons (Fsp3) is 0.830. The second-order valence-corrected chi connectivity index (χ2v) is 19.8. The number of aliphatic hydroxyl groups excluding tert-OH is 5. The van der Waals surface area contributed by atoms with Crippen molar-refractivity contribution in [2.45, 2.75) is 262 Å². The summed E-state index contributed by atoms with van der Waals surface area (Å²) in [4.78, 5) is 23.3. The van der Waals surface area contributed by atoms with Crippen molar-refractivity contribution in [3.8, 4) is 0 Å².